The standard InChI is InChI=1S/H2O2.O.Zn/c1-2;;/h1-2H;;. The van der Waals surface area contributed by atoms with Crippen molar-refractivity contribution >= 4 is 0 Å². The van der Waals surface area contributed by atoms with Crippen LogP contribution in [0, 0.1) is 0 Å². The third kappa shape index (κ3) is 35.9. The van der Waals surface area contributed by atoms with Crippen molar-refractivity contribution in [2.75, 3.05) is 0 Å². The van der Waals surface area contributed by atoms with E-state index in [1.807, 2.05) is 0 Å². The van der Waals surface area contributed by atoms with E-state index in [1.54, 1.807) is 0 Å². The summed E-state index contributed by atoms with van der Waals surface area (Å²) in [5.74, 6) is 0. The summed E-state index contributed by atoms with van der Waals surface area (Å²) in [6.07, 6.45) is 0. The first-order valence-electron chi connectivity index (χ1n) is 0.489. The molecule has 3 nitrogen and oxygen atoms in total. The summed E-state index contributed by atoms with van der Waals surface area (Å²) in [7, 11) is 0. The van der Waals surface area contributed by atoms with Crippen LogP contribution < -0.4 is 0 Å². The zero-order chi connectivity index (χ0) is 4.00. The van der Waals surface area contributed by atoms with Gasteiger partial charge in [-0.2, -0.15) is 0 Å². The molecule has 0 aliphatic heterocycles. The van der Waals surface area contributed by atoms with E-state index in [9.17, 15) is 0 Å². The van der Waals surface area contributed by atoms with E-state index in [4.69, 9.17) is 14.1 Å². The van der Waals surface area contributed by atoms with Gasteiger partial charge in [0.25, 0.3) is 0 Å². The summed E-state index contributed by atoms with van der Waals surface area (Å²) in [5.41, 5.74) is 0. The second-order valence-corrected chi connectivity index (χ2v) is 0. The van der Waals surface area contributed by atoms with E-state index in [0.29, 0.717) is 0 Å². The second kappa shape index (κ2) is 156. The number of rotatable bonds is 0. The van der Waals surface area contributed by atoms with Gasteiger partial charge in [0.05, 0.1) is 0 Å². The first kappa shape index (κ1) is 8.84. The van der Waals surface area contributed by atoms with Crippen molar-refractivity contribution in [3.63, 3.8) is 0 Å². The maximum absolute atomic E-state index is 8.38. The molecule has 0 radical (unpaired) electrons. The van der Waals surface area contributed by atoms with Gasteiger partial charge < -0.3 is 0 Å². The van der Waals surface area contributed by atoms with E-state index in [0.717, 1.165) is 0 Å². The summed E-state index contributed by atoms with van der Waals surface area (Å²) >= 11 is 0.125. The fraction of sp³-hybridized carbons (Fsp3) is 0. The molecule has 0 bridgehead atoms. The molecule has 22 valence electrons. The van der Waals surface area contributed by atoms with E-state index in [-0.39, 0.29) is 18.3 Å². The first-order chi connectivity index (χ1) is 2.00. The van der Waals surface area contributed by atoms with Crippen molar-refractivity contribution in [1.82, 2.24) is 0 Å². The molecular weight excluding hydrogens is 113 g/mol. The molecule has 0 saturated heterocycles. The molecule has 0 fully saturated rings. The molecule has 0 aliphatic rings. The number of hydrogen-bond donors (Lipinski definition) is 2. The van der Waals surface area contributed by atoms with Crippen LogP contribution in [-0.4, -0.2) is 10.5 Å². The third-order valence-corrected chi connectivity index (χ3v) is 0. The van der Waals surface area contributed by atoms with E-state index >= 15 is 0 Å². The van der Waals surface area contributed by atoms with Crippen LogP contribution in [0.1, 0.15) is 0 Å². The molecule has 0 spiro atoms. The zero-order valence-electron chi connectivity index (χ0n) is 2.01. The predicted octanol–water partition coefficient (Wildman–Crippen LogP) is -0.104. The summed E-state index contributed by atoms with van der Waals surface area (Å²) in [6, 6.07) is 0. The first-order valence-corrected chi connectivity index (χ1v) is 1.70. The van der Waals surface area contributed by atoms with Gasteiger partial charge in [0.1, 0.15) is 0 Å². The van der Waals surface area contributed by atoms with Gasteiger partial charge in [0, 0.05) is 0 Å². The molecule has 4 heavy (non-hydrogen) atoms. The van der Waals surface area contributed by atoms with Crippen LogP contribution in [0.3, 0.4) is 0 Å². The summed E-state index contributed by atoms with van der Waals surface area (Å²) in [6.45, 7) is 0. The van der Waals surface area contributed by atoms with Gasteiger partial charge >= 0.3 is 21.8 Å². The quantitative estimate of drug-likeness (QED) is 0.263. The predicted molar refractivity (Wildman–Crippen MR) is 5.94 cm³/mol. The minimum atomic E-state index is 0.125. The van der Waals surface area contributed by atoms with Crippen molar-refractivity contribution < 1.29 is 32.3 Å². The Labute approximate surface area is 33.1 Å². The Kier molecular flexibility index (Phi) is 344. The van der Waals surface area contributed by atoms with Crippen LogP contribution in [-0.2, 0) is 21.8 Å². The Morgan fingerprint density at radius 3 is 1.25 bits per heavy atom. The fourth-order valence-electron chi connectivity index (χ4n) is 0. The van der Waals surface area contributed by atoms with Gasteiger partial charge in [0.2, 0.25) is 0 Å². The van der Waals surface area contributed by atoms with Crippen molar-refractivity contribution in [2.45, 2.75) is 0 Å². The van der Waals surface area contributed by atoms with Gasteiger partial charge in [-0.1, -0.05) is 0 Å². The van der Waals surface area contributed by atoms with Crippen LogP contribution in [0.15, 0.2) is 0 Å². The second-order valence-electron chi connectivity index (χ2n) is 0. The van der Waals surface area contributed by atoms with Crippen molar-refractivity contribution in [3.05, 3.63) is 0 Å². The van der Waals surface area contributed by atoms with Gasteiger partial charge in [0.15, 0.2) is 0 Å². The SMILES string of the molecule is OO.[O]=[Zn]. The van der Waals surface area contributed by atoms with Crippen molar-refractivity contribution in [1.29, 1.82) is 0 Å². The van der Waals surface area contributed by atoms with Gasteiger partial charge in [-0.25, -0.2) is 0 Å². The topological polar surface area (TPSA) is 57.5 Å². The number of hydrogen-bond acceptors (Lipinski definition) is 3. The Bertz CT molecular complexity index is 3.25. The van der Waals surface area contributed by atoms with E-state index < -0.39 is 0 Å². The molecule has 0 atom stereocenters. The van der Waals surface area contributed by atoms with Crippen LogP contribution in [0.25, 0.3) is 0 Å². The molecule has 2 N–H and O–H groups in total. The molecule has 0 aromatic heterocycles. The summed E-state index contributed by atoms with van der Waals surface area (Å²) < 4.78 is 8.38. The molecule has 0 aliphatic carbocycles. The van der Waals surface area contributed by atoms with Crippen LogP contribution in [0.4, 0.5) is 0 Å². The molecular formula is H2O3Zn. The maximum atomic E-state index is 8.38. The van der Waals surface area contributed by atoms with Gasteiger partial charge in [-0.05, 0) is 0 Å². The van der Waals surface area contributed by atoms with Crippen molar-refractivity contribution in [2.24, 2.45) is 0 Å². The van der Waals surface area contributed by atoms with Gasteiger partial charge in [-0.3, -0.25) is 10.5 Å². The Morgan fingerprint density at radius 2 is 1.25 bits per heavy atom. The molecule has 0 rings (SSSR count). The Morgan fingerprint density at radius 1 is 1.25 bits per heavy atom. The fourth-order valence-corrected chi connectivity index (χ4v) is 0. The Balaban J connectivity index is 0. The summed E-state index contributed by atoms with van der Waals surface area (Å²) in [4.78, 5) is 0. The normalized spacial score (nSPS) is 3.00. The monoisotopic (exact) mass is 114 g/mol. The molecule has 4 heteroatoms. The van der Waals surface area contributed by atoms with Crippen LogP contribution in [0.5, 0.6) is 0 Å². The van der Waals surface area contributed by atoms with Gasteiger partial charge in [-0.15, -0.1) is 0 Å². The molecule has 0 aromatic carbocycles. The molecule has 0 heterocycles. The average Bonchev–Trinajstić information content (AvgIpc) is 1.50. The molecule has 0 unspecified atom stereocenters. The molecule has 0 saturated carbocycles. The van der Waals surface area contributed by atoms with Crippen LogP contribution in [0.2, 0.25) is 0 Å². The van der Waals surface area contributed by atoms with E-state index in [2.05, 4.69) is 0 Å². The average molecular weight is 115 g/mol. The zero-order valence-corrected chi connectivity index (χ0v) is 4.98. The van der Waals surface area contributed by atoms with Crippen LogP contribution >= 0.6 is 0 Å². The van der Waals surface area contributed by atoms with Crippen molar-refractivity contribution in [3.8, 4) is 0 Å². The van der Waals surface area contributed by atoms with E-state index in [1.165, 1.54) is 0 Å². The third-order valence-electron chi connectivity index (χ3n) is 0. The Hall–Kier alpha value is 0.343. The minimum absolute atomic E-state index is 0.125. The molecule has 0 amide bonds. The molecule has 0 aromatic rings. The summed E-state index contributed by atoms with van der Waals surface area (Å²) in [5, 5.41) is 12.0.